The Hall–Kier alpha value is -0.800. The molecule has 0 amide bonds. The van der Waals surface area contributed by atoms with Crippen LogP contribution in [0.3, 0.4) is 0 Å². The van der Waals surface area contributed by atoms with Gasteiger partial charge in [0.1, 0.15) is 5.75 Å². The molecular weight excluding hydrogens is 265 g/mol. The molecule has 0 saturated heterocycles. The Bertz CT molecular complexity index is 513. The Balaban J connectivity index is 2.89. The van der Waals surface area contributed by atoms with Crippen LogP contribution in [-0.4, -0.2) is 10.1 Å². The van der Waals surface area contributed by atoms with Gasteiger partial charge in [-0.15, -0.1) is 0 Å². The first-order valence-electron chi connectivity index (χ1n) is 4.03. The van der Waals surface area contributed by atoms with E-state index in [1.165, 1.54) is 0 Å². The fourth-order valence-electron chi connectivity index (χ4n) is 1.32. The fraction of sp³-hybridized carbons (Fsp3) is 0.100. The predicted octanol–water partition coefficient (Wildman–Crippen LogP) is 3.66. The number of aromatic hydroxyl groups is 1. The zero-order chi connectivity index (χ0) is 10.3. The summed E-state index contributed by atoms with van der Waals surface area (Å²) in [5, 5.41) is 11.0. The van der Waals surface area contributed by atoms with Crippen molar-refractivity contribution in [2.24, 2.45) is 0 Å². The van der Waals surface area contributed by atoms with Crippen LogP contribution in [0.1, 0.15) is 5.69 Å². The molecule has 2 nitrogen and oxygen atoms in total. The maximum absolute atomic E-state index is 9.47. The van der Waals surface area contributed by atoms with E-state index in [4.69, 9.17) is 11.6 Å². The lowest BCUT2D eigenvalue weighted by molar-refractivity contribution is 0.472. The third-order valence-corrected chi connectivity index (χ3v) is 2.90. The van der Waals surface area contributed by atoms with Gasteiger partial charge in [0.15, 0.2) is 0 Å². The van der Waals surface area contributed by atoms with Gasteiger partial charge in [0.05, 0.1) is 15.0 Å². The Morgan fingerprint density at radius 2 is 2.07 bits per heavy atom. The summed E-state index contributed by atoms with van der Waals surface area (Å²) in [6, 6.07) is 5.16. The van der Waals surface area contributed by atoms with Crippen molar-refractivity contribution < 1.29 is 5.11 Å². The summed E-state index contributed by atoms with van der Waals surface area (Å²) in [6.45, 7) is 1.87. The Labute approximate surface area is 94.7 Å². The van der Waals surface area contributed by atoms with Crippen LogP contribution in [0.25, 0.3) is 10.9 Å². The van der Waals surface area contributed by atoms with Crippen molar-refractivity contribution in [3.8, 4) is 5.75 Å². The monoisotopic (exact) mass is 271 g/mol. The van der Waals surface area contributed by atoms with E-state index in [0.717, 1.165) is 11.1 Å². The van der Waals surface area contributed by atoms with Crippen molar-refractivity contribution in [3.63, 3.8) is 0 Å². The number of rotatable bonds is 0. The fourth-order valence-corrected chi connectivity index (χ4v) is 1.97. The second-order valence-corrected chi connectivity index (χ2v) is 4.33. The number of nitrogens with zero attached hydrogens (tertiary/aromatic N) is 1. The van der Waals surface area contributed by atoms with Gasteiger partial charge in [0.2, 0.25) is 0 Å². The highest BCUT2D eigenvalue weighted by Crippen LogP contribution is 2.32. The highest BCUT2D eigenvalue weighted by atomic mass is 79.9. The summed E-state index contributed by atoms with van der Waals surface area (Å²) in [5.41, 5.74) is 1.54. The molecule has 0 fully saturated rings. The first-order valence-corrected chi connectivity index (χ1v) is 5.20. The van der Waals surface area contributed by atoms with Gasteiger partial charge in [0, 0.05) is 17.1 Å². The average Bonchev–Trinajstić information content (AvgIpc) is 2.08. The SMILES string of the molecule is Cc1cc(Cl)c2cc(Br)c(O)cc2n1. The molecule has 0 radical (unpaired) electrons. The zero-order valence-corrected chi connectivity index (χ0v) is 9.72. The van der Waals surface area contributed by atoms with Crippen LogP contribution in [0.5, 0.6) is 5.75 Å². The number of phenols is 1. The van der Waals surface area contributed by atoms with Crippen molar-refractivity contribution in [1.82, 2.24) is 4.98 Å². The quantitative estimate of drug-likeness (QED) is 0.794. The van der Waals surface area contributed by atoms with Crippen LogP contribution in [0.15, 0.2) is 22.7 Å². The lowest BCUT2D eigenvalue weighted by Crippen LogP contribution is -1.85. The molecule has 0 unspecified atom stereocenters. The van der Waals surface area contributed by atoms with E-state index in [1.54, 1.807) is 18.2 Å². The topological polar surface area (TPSA) is 33.1 Å². The largest absolute Gasteiger partial charge is 0.507 e. The third-order valence-electron chi connectivity index (χ3n) is 1.95. The average molecular weight is 273 g/mol. The van der Waals surface area contributed by atoms with Gasteiger partial charge in [-0.25, -0.2) is 0 Å². The van der Waals surface area contributed by atoms with Crippen LogP contribution < -0.4 is 0 Å². The Kier molecular flexibility index (Phi) is 2.37. The molecule has 0 bridgehead atoms. The summed E-state index contributed by atoms with van der Waals surface area (Å²) in [6.07, 6.45) is 0. The molecule has 0 aliphatic rings. The molecule has 0 aliphatic heterocycles. The number of hydrogen-bond donors (Lipinski definition) is 1. The van der Waals surface area contributed by atoms with Gasteiger partial charge in [0.25, 0.3) is 0 Å². The lowest BCUT2D eigenvalue weighted by Gasteiger charge is -2.04. The van der Waals surface area contributed by atoms with Gasteiger partial charge in [-0.2, -0.15) is 0 Å². The molecule has 1 aromatic heterocycles. The Morgan fingerprint density at radius 1 is 1.36 bits per heavy atom. The van der Waals surface area contributed by atoms with Crippen molar-refractivity contribution >= 4 is 38.4 Å². The summed E-state index contributed by atoms with van der Waals surface area (Å²) in [7, 11) is 0. The molecule has 1 heterocycles. The number of fused-ring (bicyclic) bond motifs is 1. The third kappa shape index (κ3) is 1.57. The van der Waals surface area contributed by atoms with Crippen molar-refractivity contribution in [2.75, 3.05) is 0 Å². The minimum absolute atomic E-state index is 0.173. The standard InChI is InChI=1S/C10H7BrClNO/c1-5-2-8(12)6-3-7(11)10(14)4-9(6)13-5/h2-4,14H,1H3. The minimum Gasteiger partial charge on any atom is -0.507 e. The predicted molar refractivity (Wildman–Crippen MR) is 60.9 cm³/mol. The van der Waals surface area contributed by atoms with Crippen LogP contribution >= 0.6 is 27.5 Å². The number of pyridine rings is 1. The molecule has 1 aromatic carbocycles. The summed E-state index contributed by atoms with van der Waals surface area (Å²) in [4.78, 5) is 4.27. The summed E-state index contributed by atoms with van der Waals surface area (Å²) < 4.78 is 0.623. The number of aryl methyl sites for hydroxylation is 1. The molecule has 4 heteroatoms. The molecule has 72 valence electrons. The van der Waals surface area contributed by atoms with Crippen molar-refractivity contribution in [1.29, 1.82) is 0 Å². The van der Waals surface area contributed by atoms with Gasteiger partial charge >= 0.3 is 0 Å². The highest BCUT2D eigenvalue weighted by Gasteiger charge is 2.06. The van der Waals surface area contributed by atoms with Gasteiger partial charge in [-0.05, 0) is 35.0 Å². The first-order chi connectivity index (χ1) is 6.58. The first kappa shape index (κ1) is 9.74. The van der Waals surface area contributed by atoms with Crippen LogP contribution in [-0.2, 0) is 0 Å². The molecule has 0 saturated carbocycles. The molecule has 0 spiro atoms. The van der Waals surface area contributed by atoms with Crippen LogP contribution in [0, 0.1) is 6.92 Å². The molecule has 0 aliphatic carbocycles. The van der Waals surface area contributed by atoms with E-state index in [1.807, 2.05) is 6.92 Å². The molecular formula is C10H7BrClNO. The molecule has 2 rings (SSSR count). The van der Waals surface area contributed by atoms with Crippen molar-refractivity contribution in [3.05, 3.63) is 33.4 Å². The molecule has 0 atom stereocenters. The highest BCUT2D eigenvalue weighted by molar-refractivity contribution is 9.10. The van der Waals surface area contributed by atoms with E-state index < -0.39 is 0 Å². The number of hydrogen-bond acceptors (Lipinski definition) is 2. The Morgan fingerprint density at radius 3 is 2.79 bits per heavy atom. The second-order valence-electron chi connectivity index (χ2n) is 3.07. The number of halogens is 2. The van der Waals surface area contributed by atoms with Gasteiger partial charge < -0.3 is 5.11 Å². The maximum atomic E-state index is 9.47. The van der Waals surface area contributed by atoms with Gasteiger partial charge in [-0.1, -0.05) is 11.6 Å². The zero-order valence-electron chi connectivity index (χ0n) is 7.38. The summed E-state index contributed by atoms with van der Waals surface area (Å²) in [5.74, 6) is 0.173. The summed E-state index contributed by atoms with van der Waals surface area (Å²) >= 11 is 9.28. The van der Waals surface area contributed by atoms with E-state index in [0.29, 0.717) is 15.0 Å². The van der Waals surface area contributed by atoms with E-state index in [2.05, 4.69) is 20.9 Å². The van der Waals surface area contributed by atoms with Crippen molar-refractivity contribution in [2.45, 2.75) is 6.92 Å². The maximum Gasteiger partial charge on any atom is 0.131 e. The number of aromatic nitrogens is 1. The van der Waals surface area contributed by atoms with Crippen LogP contribution in [0.4, 0.5) is 0 Å². The lowest BCUT2D eigenvalue weighted by atomic mass is 10.2. The molecule has 14 heavy (non-hydrogen) atoms. The smallest absolute Gasteiger partial charge is 0.131 e. The second kappa shape index (κ2) is 3.41. The van der Waals surface area contributed by atoms with Crippen LogP contribution in [0.2, 0.25) is 5.02 Å². The number of phenolic OH excluding ortho intramolecular Hbond substituents is 1. The normalized spacial score (nSPS) is 10.8. The number of benzene rings is 1. The molecule has 1 N–H and O–H groups in total. The van der Waals surface area contributed by atoms with E-state index in [-0.39, 0.29) is 5.75 Å². The minimum atomic E-state index is 0.173. The molecule has 2 aromatic rings. The van der Waals surface area contributed by atoms with E-state index in [9.17, 15) is 5.11 Å². The van der Waals surface area contributed by atoms with Gasteiger partial charge in [-0.3, -0.25) is 4.98 Å². The van der Waals surface area contributed by atoms with E-state index >= 15 is 0 Å².